The summed E-state index contributed by atoms with van der Waals surface area (Å²) in [5.41, 5.74) is 0.133. The average molecular weight is 408 g/mol. The minimum Gasteiger partial charge on any atom is -0.322 e. The molecule has 1 N–H and O–H groups in total. The van der Waals surface area contributed by atoms with Crippen LogP contribution < -0.4 is 11.2 Å². The third-order valence-corrected chi connectivity index (χ3v) is 5.68. The Morgan fingerprint density at radius 1 is 1.00 bits per heavy atom. The molecule has 1 saturated heterocycles. The number of hydrogen-bond acceptors (Lipinski definition) is 5. The van der Waals surface area contributed by atoms with E-state index in [0.717, 1.165) is 26.1 Å². The fourth-order valence-electron chi connectivity index (χ4n) is 3.65. The molecule has 4 rings (SSSR count). The predicted molar refractivity (Wildman–Crippen MR) is 106 cm³/mol. The number of hydrogen-bond donors (Lipinski definition) is 1. The van der Waals surface area contributed by atoms with Gasteiger partial charge in [0.2, 0.25) is 0 Å². The van der Waals surface area contributed by atoms with E-state index in [9.17, 15) is 9.59 Å². The number of rotatable bonds is 4. The minimum atomic E-state index is -0.682. The normalized spacial score (nSPS) is 15.6. The summed E-state index contributed by atoms with van der Waals surface area (Å²) in [7, 11) is 0. The second-order valence-electron chi connectivity index (χ2n) is 6.82. The second kappa shape index (κ2) is 7.58. The Bertz CT molecular complexity index is 1070. The van der Waals surface area contributed by atoms with Crippen molar-refractivity contribution in [3.8, 4) is 11.5 Å². The quantitative estimate of drug-likeness (QED) is 0.672. The van der Waals surface area contributed by atoms with Gasteiger partial charge in [-0.25, -0.2) is 9.78 Å². The highest BCUT2D eigenvalue weighted by Gasteiger charge is 2.20. The Hall–Kier alpha value is -1.96. The molecule has 0 unspecified atom stereocenters. The van der Waals surface area contributed by atoms with Crippen LogP contribution in [0.15, 0.2) is 21.7 Å². The fourth-order valence-corrected chi connectivity index (χ4v) is 3.97. The van der Waals surface area contributed by atoms with Gasteiger partial charge in [-0.1, -0.05) is 29.6 Å². The zero-order valence-corrected chi connectivity index (χ0v) is 16.2. The van der Waals surface area contributed by atoms with E-state index in [2.05, 4.69) is 19.9 Å². The maximum absolute atomic E-state index is 12.2. The summed E-state index contributed by atoms with van der Waals surface area (Å²) < 4.78 is 1.85. The smallest absolute Gasteiger partial charge is 0.322 e. The van der Waals surface area contributed by atoms with Crippen molar-refractivity contribution in [2.24, 2.45) is 0 Å². The van der Waals surface area contributed by atoms with Crippen molar-refractivity contribution in [1.29, 1.82) is 0 Å². The van der Waals surface area contributed by atoms with Crippen LogP contribution in [0.2, 0.25) is 10.0 Å². The number of piperidine rings is 1. The van der Waals surface area contributed by atoms with Gasteiger partial charge >= 0.3 is 5.69 Å². The number of aromatic nitrogens is 4. The van der Waals surface area contributed by atoms with E-state index in [0.29, 0.717) is 27.6 Å². The summed E-state index contributed by atoms with van der Waals surface area (Å²) in [4.78, 5) is 37.0. The molecule has 1 aromatic rings. The molecule has 27 heavy (non-hydrogen) atoms. The van der Waals surface area contributed by atoms with Crippen molar-refractivity contribution in [3.05, 3.63) is 43.0 Å². The number of H-pyrrole nitrogens is 1. The Kier molecular flexibility index (Phi) is 5.16. The fraction of sp³-hybridized carbons (Fsp3) is 0.444. The number of benzene rings is 1. The van der Waals surface area contributed by atoms with Gasteiger partial charge in [0.25, 0.3) is 5.56 Å². The molecule has 0 radical (unpaired) electrons. The highest BCUT2D eigenvalue weighted by atomic mass is 35.5. The van der Waals surface area contributed by atoms with E-state index in [1.807, 2.05) is 4.57 Å². The summed E-state index contributed by atoms with van der Waals surface area (Å²) in [6.45, 7) is 3.78. The van der Waals surface area contributed by atoms with Crippen LogP contribution in [-0.2, 0) is 6.54 Å². The molecular formula is C18H19Cl2N5O2. The number of halogens is 2. The number of aryl methyl sites for hydroxylation is 1. The molecule has 9 heteroatoms. The molecule has 1 aromatic carbocycles. The first kappa shape index (κ1) is 18.4. The van der Waals surface area contributed by atoms with Gasteiger partial charge < -0.3 is 9.47 Å². The number of nitrogens with zero attached hydrogens (tertiary/aromatic N) is 4. The van der Waals surface area contributed by atoms with Crippen LogP contribution in [0, 0.1) is 0 Å². The first-order chi connectivity index (χ1) is 13.0. The molecule has 0 aliphatic carbocycles. The number of likely N-dealkylation sites (tertiary alicyclic amines) is 1. The number of aromatic amines is 1. The summed E-state index contributed by atoms with van der Waals surface area (Å²) in [5.74, 6) is 0.272. The molecule has 0 bridgehead atoms. The van der Waals surface area contributed by atoms with Gasteiger partial charge in [-0.2, -0.15) is 4.98 Å². The van der Waals surface area contributed by atoms with Crippen LogP contribution in [0.4, 0.5) is 0 Å². The van der Waals surface area contributed by atoms with Crippen LogP contribution >= 0.6 is 23.2 Å². The van der Waals surface area contributed by atoms with Crippen molar-refractivity contribution in [2.75, 3.05) is 19.6 Å². The lowest BCUT2D eigenvalue weighted by Crippen LogP contribution is -2.32. The van der Waals surface area contributed by atoms with Gasteiger partial charge in [0.15, 0.2) is 11.5 Å². The lowest BCUT2D eigenvalue weighted by atomic mass is 10.1. The monoisotopic (exact) mass is 407 g/mol. The largest absolute Gasteiger partial charge is 0.349 e. The molecule has 7 nitrogen and oxygen atoms in total. The van der Waals surface area contributed by atoms with Gasteiger partial charge in [-0.3, -0.25) is 9.78 Å². The van der Waals surface area contributed by atoms with Gasteiger partial charge in [0.05, 0.1) is 21.1 Å². The topological polar surface area (TPSA) is 83.9 Å². The first-order valence-electron chi connectivity index (χ1n) is 9.05. The zero-order chi connectivity index (χ0) is 19.0. The van der Waals surface area contributed by atoms with Crippen molar-refractivity contribution in [2.45, 2.75) is 32.2 Å². The van der Waals surface area contributed by atoms with Crippen molar-refractivity contribution < 1.29 is 0 Å². The van der Waals surface area contributed by atoms with E-state index in [4.69, 9.17) is 23.2 Å². The van der Waals surface area contributed by atoms with E-state index in [1.54, 1.807) is 12.1 Å². The average Bonchev–Trinajstić information content (AvgIpc) is 2.64. The minimum absolute atomic E-state index is 0.124. The Balaban J connectivity index is 1.78. The second-order valence-corrected chi connectivity index (χ2v) is 7.63. The highest BCUT2D eigenvalue weighted by Crippen LogP contribution is 2.29. The van der Waals surface area contributed by atoms with Gasteiger partial charge in [-0.05, 0) is 51.0 Å². The standard InChI is InChI=1S/C18H19Cl2N5O2/c19-11-9-13-14(10-12(11)20)25(8-4-7-24-5-2-1-3-6-24)16-15(21-13)17(26)23-18(27)22-16/h9-10H,1-8H2,(H,23,26,27). The molecular weight excluding hydrogens is 389 g/mol. The molecule has 1 fully saturated rings. The van der Waals surface area contributed by atoms with Gasteiger partial charge in [0, 0.05) is 6.54 Å². The summed E-state index contributed by atoms with van der Waals surface area (Å²) >= 11 is 12.3. The SMILES string of the molecule is O=c1nc2n(CCCN3CCCCC3)c3cc(Cl)c(Cl)cc3nc-2c(=O)[nH]1. The van der Waals surface area contributed by atoms with E-state index in [-0.39, 0.29) is 11.5 Å². The van der Waals surface area contributed by atoms with Crippen molar-refractivity contribution in [3.63, 3.8) is 0 Å². The van der Waals surface area contributed by atoms with Gasteiger partial charge in [-0.15, -0.1) is 0 Å². The number of nitrogens with one attached hydrogen (secondary N) is 1. The van der Waals surface area contributed by atoms with E-state index < -0.39 is 11.2 Å². The van der Waals surface area contributed by atoms with Crippen LogP contribution in [0.25, 0.3) is 22.6 Å². The first-order valence-corrected chi connectivity index (χ1v) is 9.80. The molecule has 0 amide bonds. The summed E-state index contributed by atoms with van der Waals surface area (Å²) in [5, 5.41) is 0.753. The summed E-state index contributed by atoms with van der Waals surface area (Å²) in [6, 6.07) is 3.34. The Morgan fingerprint density at radius 2 is 1.74 bits per heavy atom. The van der Waals surface area contributed by atoms with Crippen molar-refractivity contribution >= 4 is 34.2 Å². The lowest BCUT2D eigenvalue weighted by Gasteiger charge is -2.26. The summed E-state index contributed by atoms with van der Waals surface area (Å²) in [6.07, 6.45) is 4.63. The molecule has 3 heterocycles. The molecule has 0 spiro atoms. The Morgan fingerprint density at radius 3 is 2.52 bits per heavy atom. The number of fused-ring (bicyclic) bond motifs is 2. The highest BCUT2D eigenvalue weighted by molar-refractivity contribution is 6.42. The van der Waals surface area contributed by atoms with Crippen LogP contribution in [-0.4, -0.2) is 44.1 Å². The van der Waals surface area contributed by atoms with Crippen LogP contribution in [0.5, 0.6) is 0 Å². The molecule has 0 aromatic heterocycles. The molecule has 3 aliphatic heterocycles. The maximum atomic E-state index is 12.2. The van der Waals surface area contributed by atoms with Crippen LogP contribution in [0.3, 0.4) is 0 Å². The molecule has 3 aliphatic rings. The van der Waals surface area contributed by atoms with E-state index in [1.165, 1.54) is 19.3 Å². The van der Waals surface area contributed by atoms with E-state index >= 15 is 0 Å². The molecule has 0 atom stereocenters. The lowest BCUT2D eigenvalue weighted by molar-refractivity contribution is 0.223. The van der Waals surface area contributed by atoms with Crippen molar-refractivity contribution in [1.82, 2.24) is 24.4 Å². The van der Waals surface area contributed by atoms with Crippen LogP contribution in [0.1, 0.15) is 25.7 Å². The third-order valence-electron chi connectivity index (χ3n) is 4.96. The van der Waals surface area contributed by atoms with Gasteiger partial charge in [0.1, 0.15) is 0 Å². The maximum Gasteiger partial charge on any atom is 0.349 e. The Labute approximate surface area is 165 Å². The zero-order valence-electron chi connectivity index (χ0n) is 14.7. The predicted octanol–water partition coefficient (Wildman–Crippen LogP) is 2.77. The third kappa shape index (κ3) is 3.72. The molecule has 142 valence electrons. The molecule has 0 saturated carbocycles.